The van der Waals surface area contributed by atoms with Gasteiger partial charge in [-0.1, -0.05) is 11.6 Å². The van der Waals surface area contributed by atoms with Crippen molar-refractivity contribution in [3.05, 3.63) is 34.7 Å². The van der Waals surface area contributed by atoms with Crippen molar-refractivity contribution in [1.82, 2.24) is 10.3 Å². The van der Waals surface area contributed by atoms with E-state index in [-0.39, 0.29) is 10.9 Å². The van der Waals surface area contributed by atoms with Crippen LogP contribution in [-0.4, -0.2) is 24.0 Å². The van der Waals surface area contributed by atoms with Gasteiger partial charge in [0.05, 0.1) is 11.6 Å². The molecule has 0 bridgehead atoms. The lowest BCUT2D eigenvalue weighted by molar-refractivity contribution is -0.121. The van der Waals surface area contributed by atoms with Crippen molar-refractivity contribution in [1.29, 1.82) is 0 Å². The van der Waals surface area contributed by atoms with Gasteiger partial charge in [-0.2, -0.15) is 0 Å². The predicted molar refractivity (Wildman–Crippen MR) is 69.0 cm³/mol. The first-order valence-corrected chi connectivity index (χ1v) is 5.83. The van der Waals surface area contributed by atoms with Gasteiger partial charge in [0.2, 0.25) is 5.91 Å². The molecule has 2 rings (SSSR count). The molecular weight excluding hydrogens is 257 g/mol. The van der Waals surface area contributed by atoms with Crippen molar-refractivity contribution >= 4 is 28.4 Å². The van der Waals surface area contributed by atoms with Gasteiger partial charge in [0, 0.05) is 18.6 Å². The number of benzene rings is 1. The highest BCUT2D eigenvalue weighted by molar-refractivity contribution is 6.35. The minimum Gasteiger partial charge on any atom is -0.360 e. The van der Waals surface area contributed by atoms with Crippen LogP contribution in [0.1, 0.15) is 5.56 Å². The SMILES string of the molecule is CNC(=O)[C@@H](N)Cc1c[nH]c2c(Cl)c(F)ccc12. The van der Waals surface area contributed by atoms with E-state index >= 15 is 0 Å². The second-order valence-corrected chi connectivity index (χ2v) is 4.40. The van der Waals surface area contributed by atoms with Crippen molar-refractivity contribution in [2.75, 3.05) is 7.05 Å². The maximum atomic E-state index is 13.3. The Balaban J connectivity index is 2.36. The standard InChI is InChI=1S/C12H13ClFN3O/c1-16-12(18)9(15)4-6-5-17-11-7(6)2-3-8(14)10(11)13/h2-3,5,9,17H,4,15H2,1H3,(H,16,18)/t9-/m0/s1. The highest BCUT2D eigenvalue weighted by Gasteiger charge is 2.16. The molecule has 0 spiro atoms. The van der Waals surface area contributed by atoms with E-state index in [9.17, 15) is 9.18 Å². The van der Waals surface area contributed by atoms with E-state index in [1.165, 1.54) is 13.1 Å². The first-order chi connectivity index (χ1) is 8.54. The molecule has 6 heteroatoms. The Bertz CT molecular complexity index is 596. The van der Waals surface area contributed by atoms with Crippen LogP contribution in [0.2, 0.25) is 5.02 Å². The summed E-state index contributed by atoms with van der Waals surface area (Å²) >= 11 is 5.85. The summed E-state index contributed by atoms with van der Waals surface area (Å²) in [6.45, 7) is 0. The van der Waals surface area contributed by atoms with Gasteiger partial charge in [-0.3, -0.25) is 4.79 Å². The van der Waals surface area contributed by atoms with E-state index in [0.29, 0.717) is 11.9 Å². The summed E-state index contributed by atoms with van der Waals surface area (Å²) in [5.41, 5.74) is 7.10. The molecule has 1 amide bonds. The van der Waals surface area contributed by atoms with Gasteiger partial charge in [0.15, 0.2) is 0 Å². The van der Waals surface area contributed by atoms with E-state index in [1.54, 1.807) is 12.3 Å². The molecule has 4 N–H and O–H groups in total. The molecule has 0 aliphatic carbocycles. The molecule has 1 aromatic heterocycles. The topological polar surface area (TPSA) is 70.9 Å². The van der Waals surface area contributed by atoms with Crippen LogP contribution in [0.25, 0.3) is 10.9 Å². The number of H-pyrrole nitrogens is 1. The third-order valence-corrected chi connectivity index (χ3v) is 3.22. The van der Waals surface area contributed by atoms with E-state index in [4.69, 9.17) is 17.3 Å². The third-order valence-electron chi connectivity index (χ3n) is 2.85. The molecule has 0 saturated heterocycles. The van der Waals surface area contributed by atoms with E-state index in [2.05, 4.69) is 10.3 Å². The lowest BCUT2D eigenvalue weighted by atomic mass is 10.1. The van der Waals surface area contributed by atoms with Crippen LogP contribution in [0.3, 0.4) is 0 Å². The maximum Gasteiger partial charge on any atom is 0.237 e. The van der Waals surface area contributed by atoms with E-state index in [1.807, 2.05) is 0 Å². The number of rotatable bonds is 3. The number of amides is 1. The van der Waals surface area contributed by atoms with Crippen molar-refractivity contribution in [2.45, 2.75) is 12.5 Å². The Hall–Kier alpha value is -1.59. The summed E-state index contributed by atoms with van der Waals surface area (Å²) in [5, 5.41) is 3.31. The van der Waals surface area contributed by atoms with Gasteiger partial charge in [-0.15, -0.1) is 0 Å². The average Bonchev–Trinajstić information content (AvgIpc) is 2.76. The number of carbonyl (C=O) groups excluding carboxylic acids is 1. The van der Waals surface area contributed by atoms with Crippen LogP contribution >= 0.6 is 11.6 Å². The van der Waals surface area contributed by atoms with Gasteiger partial charge in [0.25, 0.3) is 0 Å². The zero-order chi connectivity index (χ0) is 13.3. The van der Waals surface area contributed by atoms with E-state index < -0.39 is 11.9 Å². The van der Waals surface area contributed by atoms with Crippen molar-refractivity contribution < 1.29 is 9.18 Å². The summed E-state index contributed by atoms with van der Waals surface area (Å²) in [4.78, 5) is 14.3. The number of halogens is 2. The summed E-state index contributed by atoms with van der Waals surface area (Å²) < 4.78 is 13.3. The molecule has 1 aromatic carbocycles. The molecule has 0 unspecified atom stereocenters. The van der Waals surface area contributed by atoms with Crippen molar-refractivity contribution in [2.24, 2.45) is 5.73 Å². The normalized spacial score (nSPS) is 12.7. The number of hydrogen-bond donors (Lipinski definition) is 3. The smallest absolute Gasteiger partial charge is 0.237 e. The lowest BCUT2D eigenvalue weighted by Gasteiger charge is -2.08. The summed E-state index contributed by atoms with van der Waals surface area (Å²) in [6.07, 6.45) is 2.06. The average molecular weight is 270 g/mol. The van der Waals surface area contributed by atoms with Gasteiger partial charge in [-0.25, -0.2) is 4.39 Å². The molecule has 0 fully saturated rings. The van der Waals surface area contributed by atoms with Crippen LogP contribution < -0.4 is 11.1 Å². The molecule has 1 atom stereocenters. The Morgan fingerprint density at radius 1 is 1.61 bits per heavy atom. The molecule has 18 heavy (non-hydrogen) atoms. The fourth-order valence-electron chi connectivity index (χ4n) is 1.88. The Kier molecular flexibility index (Phi) is 3.54. The van der Waals surface area contributed by atoms with Crippen LogP contribution in [-0.2, 0) is 11.2 Å². The van der Waals surface area contributed by atoms with Crippen LogP contribution in [0.15, 0.2) is 18.3 Å². The fraction of sp³-hybridized carbons (Fsp3) is 0.250. The summed E-state index contributed by atoms with van der Waals surface area (Å²) in [5.74, 6) is -0.717. The number of likely N-dealkylation sites (N-methyl/N-ethyl adjacent to an activating group) is 1. The number of hydrogen-bond acceptors (Lipinski definition) is 2. The zero-order valence-corrected chi connectivity index (χ0v) is 10.5. The highest BCUT2D eigenvalue weighted by Crippen LogP contribution is 2.28. The molecule has 96 valence electrons. The van der Waals surface area contributed by atoms with Gasteiger partial charge < -0.3 is 16.0 Å². The minimum atomic E-state index is -0.641. The molecular formula is C12H13ClFN3O. The Labute approximate surface area is 108 Å². The first-order valence-electron chi connectivity index (χ1n) is 5.45. The summed E-state index contributed by atoms with van der Waals surface area (Å²) in [6, 6.07) is 2.28. The van der Waals surface area contributed by atoms with Crippen molar-refractivity contribution in [3.8, 4) is 0 Å². The molecule has 0 saturated carbocycles. The highest BCUT2D eigenvalue weighted by atomic mass is 35.5. The van der Waals surface area contributed by atoms with Crippen molar-refractivity contribution in [3.63, 3.8) is 0 Å². The fourth-order valence-corrected chi connectivity index (χ4v) is 2.10. The Morgan fingerprint density at radius 3 is 3.00 bits per heavy atom. The van der Waals surface area contributed by atoms with Gasteiger partial charge in [-0.05, 0) is 24.1 Å². The predicted octanol–water partition coefficient (Wildman–Crippen LogP) is 1.58. The van der Waals surface area contributed by atoms with Crippen LogP contribution in [0.5, 0.6) is 0 Å². The molecule has 0 radical (unpaired) electrons. The number of aromatic amines is 1. The number of carbonyl (C=O) groups is 1. The second kappa shape index (κ2) is 4.96. The number of aromatic nitrogens is 1. The van der Waals surface area contributed by atoms with Gasteiger partial charge >= 0.3 is 0 Å². The first kappa shape index (κ1) is 12.9. The third kappa shape index (κ3) is 2.19. The minimum absolute atomic E-state index is 0.0484. The summed E-state index contributed by atoms with van der Waals surface area (Å²) in [7, 11) is 1.53. The number of nitrogens with one attached hydrogen (secondary N) is 2. The monoisotopic (exact) mass is 269 g/mol. The van der Waals surface area contributed by atoms with E-state index in [0.717, 1.165) is 10.9 Å². The number of nitrogens with two attached hydrogens (primary N) is 1. The largest absolute Gasteiger partial charge is 0.360 e. The molecule has 0 aliphatic rings. The molecule has 1 heterocycles. The number of fused-ring (bicyclic) bond motifs is 1. The van der Waals surface area contributed by atoms with Crippen LogP contribution in [0.4, 0.5) is 4.39 Å². The quantitative estimate of drug-likeness (QED) is 0.792. The molecule has 0 aliphatic heterocycles. The lowest BCUT2D eigenvalue weighted by Crippen LogP contribution is -2.40. The molecule has 2 aromatic rings. The molecule has 4 nitrogen and oxygen atoms in total. The van der Waals surface area contributed by atoms with Gasteiger partial charge in [0.1, 0.15) is 10.8 Å². The maximum absolute atomic E-state index is 13.3. The Morgan fingerprint density at radius 2 is 2.33 bits per heavy atom. The van der Waals surface area contributed by atoms with Crippen LogP contribution in [0, 0.1) is 5.82 Å². The second-order valence-electron chi connectivity index (χ2n) is 4.02. The zero-order valence-electron chi connectivity index (χ0n) is 9.76.